The van der Waals surface area contributed by atoms with Crippen molar-refractivity contribution < 1.29 is 0 Å². The molecule has 1 atom stereocenters. The van der Waals surface area contributed by atoms with Crippen molar-refractivity contribution in [3.05, 3.63) is 0 Å². The lowest BCUT2D eigenvalue weighted by atomic mass is 9.67. The van der Waals surface area contributed by atoms with Gasteiger partial charge in [-0.1, -0.05) is 40.0 Å². The number of hydrogen-bond acceptors (Lipinski definition) is 2. The molecule has 0 aromatic carbocycles. The van der Waals surface area contributed by atoms with E-state index >= 15 is 0 Å². The van der Waals surface area contributed by atoms with Crippen LogP contribution >= 0.6 is 0 Å². The molecule has 1 aliphatic rings. The minimum absolute atomic E-state index is 0.0773. The first-order valence-corrected chi connectivity index (χ1v) is 7.81. The summed E-state index contributed by atoms with van der Waals surface area (Å²) in [7, 11) is 0. The van der Waals surface area contributed by atoms with Crippen LogP contribution in [0, 0.1) is 23.7 Å². The van der Waals surface area contributed by atoms with Gasteiger partial charge in [0.15, 0.2) is 0 Å². The van der Waals surface area contributed by atoms with E-state index in [0.29, 0.717) is 12.0 Å². The van der Waals surface area contributed by atoms with E-state index in [-0.39, 0.29) is 11.6 Å². The quantitative estimate of drug-likeness (QED) is 0.748. The number of nitrogens with two attached hydrogens (primary N) is 1. The number of terminal acetylenes is 1. The van der Waals surface area contributed by atoms with Gasteiger partial charge < -0.3 is 5.73 Å². The molecule has 0 amide bonds. The van der Waals surface area contributed by atoms with Gasteiger partial charge in [-0.05, 0) is 43.4 Å². The van der Waals surface area contributed by atoms with Gasteiger partial charge in [-0.25, -0.2) is 0 Å². The molecule has 2 heteroatoms. The maximum absolute atomic E-state index is 6.06. The Labute approximate surface area is 119 Å². The van der Waals surface area contributed by atoms with Crippen molar-refractivity contribution in [2.75, 3.05) is 6.54 Å². The summed E-state index contributed by atoms with van der Waals surface area (Å²) in [5.74, 6) is 3.69. The van der Waals surface area contributed by atoms with Crippen LogP contribution in [-0.4, -0.2) is 18.1 Å². The first-order valence-electron chi connectivity index (χ1n) is 7.81. The summed E-state index contributed by atoms with van der Waals surface area (Å²) in [6.45, 7) is 9.93. The van der Waals surface area contributed by atoms with Crippen molar-refractivity contribution in [2.45, 2.75) is 77.8 Å². The van der Waals surface area contributed by atoms with E-state index in [1.807, 2.05) is 0 Å². The summed E-state index contributed by atoms with van der Waals surface area (Å²) in [5.41, 5.74) is 6.55. The van der Waals surface area contributed by atoms with Crippen LogP contribution in [0.1, 0.15) is 66.2 Å². The molecule has 0 bridgehead atoms. The molecular formula is C17H32N2. The Morgan fingerprint density at radius 2 is 1.95 bits per heavy atom. The Balaban J connectivity index is 2.62. The lowest BCUT2D eigenvalue weighted by Gasteiger charge is -2.45. The second kappa shape index (κ2) is 6.77. The molecule has 0 aromatic rings. The molecule has 1 unspecified atom stereocenters. The van der Waals surface area contributed by atoms with E-state index in [9.17, 15) is 0 Å². The van der Waals surface area contributed by atoms with Gasteiger partial charge in [0.2, 0.25) is 0 Å². The highest BCUT2D eigenvalue weighted by molar-refractivity contribution is 5.05. The summed E-state index contributed by atoms with van der Waals surface area (Å²) in [4.78, 5) is 0. The van der Waals surface area contributed by atoms with E-state index < -0.39 is 0 Å². The van der Waals surface area contributed by atoms with Gasteiger partial charge in [0.05, 0.1) is 6.04 Å². The third-order valence-electron chi connectivity index (χ3n) is 4.82. The van der Waals surface area contributed by atoms with Crippen molar-refractivity contribution in [3.8, 4) is 12.3 Å². The predicted molar refractivity (Wildman–Crippen MR) is 83.9 cm³/mol. The maximum atomic E-state index is 6.06. The van der Waals surface area contributed by atoms with Gasteiger partial charge in [-0.2, -0.15) is 0 Å². The van der Waals surface area contributed by atoms with E-state index in [0.717, 1.165) is 31.6 Å². The zero-order chi connectivity index (χ0) is 14.5. The van der Waals surface area contributed by atoms with Crippen LogP contribution in [0.15, 0.2) is 0 Å². The molecule has 19 heavy (non-hydrogen) atoms. The Hall–Kier alpha value is -0.520. The second-order valence-electron chi connectivity index (χ2n) is 7.28. The topological polar surface area (TPSA) is 38.0 Å². The highest BCUT2D eigenvalue weighted by atomic mass is 15.0. The Bertz CT molecular complexity index is 300. The molecule has 0 aliphatic heterocycles. The standard InChI is InChI=1S/C17H32N2/c1-6-8-15(7-2)19-17(13-18)11-9-14(10-12-17)16(3,4)5/h2,14-15,19H,6,8-13,18H2,1,3-5H3. The monoisotopic (exact) mass is 264 g/mol. The molecule has 0 radical (unpaired) electrons. The first-order chi connectivity index (χ1) is 8.87. The second-order valence-corrected chi connectivity index (χ2v) is 7.28. The molecule has 0 heterocycles. The average molecular weight is 264 g/mol. The molecule has 0 aromatic heterocycles. The van der Waals surface area contributed by atoms with Gasteiger partial charge in [0, 0.05) is 12.1 Å². The molecule has 110 valence electrons. The van der Waals surface area contributed by atoms with E-state index in [4.69, 9.17) is 12.2 Å². The fraction of sp³-hybridized carbons (Fsp3) is 0.882. The van der Waals surface area contributed by atoms with Crippen LogP contribution in [0.3, 0.4) is 0 Å². The van der Waals surface area contributed by atoms with Crippen molar-refractivity contribution in [1.82, 2.24) is 5.32 Å². The molecule has 1 saturated carbocycles. The summed E-state index contributed by atoms with van der Waals surface area (Å²) < 4.78 is 0. The van der Waals surface area contributed by atoms with Crippen LogP contribution in [0.2, 0.25) is 0 Å². The summed E-state index contributed by atoms with van der Waals surface area (Å²) in [6.07, 6.45) is 12.6. The van der Waals surface area contributed by atoms with Crippen LogP contribution < -0.4 is 11.1 Å². The molecule has 1 rings (SSSR count). The van der Waals surface area contributed by atoms with Crippen molar-refractivity contribution in [1.29, 1.82) is 0 Å². The summed E-state index contributed by atoms with van der Waals surface area (Å²) in [5, 5.41) is 3.68. The Morgan fingerprint density at radius 3 is 2.32 bits per heavy atom. The molecule has 0 spiro atoms. The zero-order valence-corrected chi connectivity index (χ0v) is 13.3. The number of nitrogens with one attached hydrogen (secondary N) is 1. The highest BCUT2D eigenvalue weighted by Gasteiger charge is 2.38. The third kappa shape index (κ3) is 4.51. The largest absolute Gasteiger partial charge is 0.329 e. The van der Waals surface area contributed by atoms with Crippen molar-refractivity contribution >= 4 is 0 Å². The van der Waals surface area contributed by atoms with Gasteiger partial charge in [0.25, 0.3) is 0 Å². The zero-order valence-electron chi connectivity index (χ0n) is 13.3. The fourth-order valence-electron chi connectivity index (χ4n) is 3.30. The first kappa shape index (κ1) is 16.5. The average Bonchev–Trinajstić information content (AvgIpc) is 2.37. The maximum Gasteiger partial charge on any atom is 0.0691 e. The SMILES string of the molecule is C#CC(CCC)NC1(CN)CCC(C(C)(C)C)CC1. The van der Waals surface area contributed by atoms with Gasteiger partial charge >= 0.3 is 0 Å². The normalized spacial score (nSPS) is 29.8. The molecule has 0 saturated heterocycles. The van der Waals surface area contributed by atoms with Gasteiger partial charge in [-0.3, -0.25) is 5.32 Å². The van der Waals surface area contributed by atoms with Crippen LogP contribution in [-0.2, 0) is 0 Å². The highest BCUT2D eigenvalue weighted by Crippen LogP contribution is 2.41. The lowest BCUT2D eigenvalue weighted by Crippen LogP contribution is -2.57. The molecular weight excluding hydrogens is 232 g/mol. The van der Waals surface area contributed by atoms with E-state index in [1.54, 1.807) is 0 Å². The Kier molecular flexibility index (Phi) is 5.89. The smallest absolute Gasteiger partial charge is 0.0691 e. The van der Waals surface area contributed by atoms with Crippen molar-refractivity contribution in [3.63, 3.8) is 0 Å². The van der Waals surface area contributed by atoms with E-state index in [2.05, 4.69) is 38.9 Å². The van der Waals surface area contributed by atoms with Gasteiger partial charge in [-0.15, -0.1) is 6.42 Å². The minimum atomic E-state index is 0.0773. The van der Waals surface area contributed by atoms with Crippen LogP contribution in [0.25, 0.3) is 0 Å². The molecule has 1 fully saturated rings. The number of rotatable bonds is 5. The van der Waals surface area contributed by atoms with Crippen LogP contribution in [0.5, 0.6) is 0 Å². The van der Waals surface area contributed by atoms with Gasteiger partial charge in [0.1, 0.15) is 0 Å². The minimum Gasteiger partial charge on any atom is -0.329 e. The van der Waals surface area contributed by atoms with Crippen LogP contribution in [0.4, 0.5) is 0 Å². The third-order valence-corrected chi connectivity index (χ3v) is 4.82. The summed E-state index contributed by atoms with van der Waals surface area (Å²) >= 11 is 0. The number of hydrogen-bond donors (Lipinski definition) is 2. The molecule has 2 nitrogen and oxygen atoms in total. The van der Waals surface area contributed by atoms with E-state index in [1.165, 1.54) is 12.8 Å². The summed E-state index contributed by atoms with van der Waals surface area (Å²) in [6, 6.07) is 0.180. The molecule has 1 aliphatic carbocycles. The predicted octanol–water partition coefficient (Wildman–Crippen LogP) is 3.31. The van der Waals surface area contributed by atoms with Crippen molar-refractivity contribution in [2.24, 2.45) is 17.1 Å². The fourth-order valence-corrected chi connectivity index (χ4v) is 3.30. The Morgan fingerprint density at radius 1 is 1.37 bits per heavy atom. The molecule has 3 N–H and O–H groups in total. The lowest BCUT2D eigenvalue weighted by molar-refractivity contribution is 0.113.